The quantitative estimate of drug-likeness (QED) is 0.893. The van der Waals surface area contributed by atoms with Gasteiger partial charge in [-0.05, 0) is 31.5 Å². The first-order valence-electron chi connectivity index (χ1n) is 5.29. The summed E-state index contributed by atoms with van der Waals surface area (Å²) in [6, 6.07) is 7.52. The summed E-state index contributed by atoms with van der Waals surface area (Å²) in [7, 11) is 0. The van der Waals surface area contributed by atoms with Gasteiger partial charge in [-0.2, -0.15) is 0 Å². The minimum atomic E-state index is -0.498. The molecule has 16 heavy (non-hydrogen) atoms. The Bertz CT molecular complexity index is 375. The number of carbonyl (C=O) groups excluding carboxylic acids is 1. The van der Waals surface area contributed by atoms with Crippen molar-refractivity contribution in [2.75, 3.05) is 11.9 Å². The standard InChI is InChI=1S/C12H17BrN2O/c1-3-12(2,8-14)11(16)15-10-6-4-5-9(13)7-10/h4-7H,3,8,14H2,1-2H3,(H,15,16). The SMILES string of the molecule is CCC(C)(CN)C(=O)Nc1cccc(Br)c1. The average molecular weight is 285 g/mol. The number of halogens is 1. The molecule has 1 rings (SSSR count). The van der Waals surface area contributed by atoms with Crippen molar-refractivity contribution >= 4 is 27.5 Å². The van der Waals surface area contributed by atoms with Gasteiger partial charge in [-0.15, -0.1) is 0 Å². The monoisotopic (exact) mass is 284 g/mol. The first-order valence-corrected chi connectivity index (χ1v) is 6.08. The molecule has 0 saturated carbocycles. The number of benzene rings is 1. The van der Waals surface area contributed by atoms with E-state index >= 15 is 0 Å². The highest BCUT2D eigenvalue weighted by atomic mass is 79.9. The second-order valence-electron chi connectivity index (χ2n) is 4.08. The highest BCUT2D eigenvalue weighted by Crippen LogP contribution is 2.23. The maximum atomic E-state index is 12.0. The average Bonchev–Trinajstić information content (AvgIpc) is 2.28. The lowest BCUT2D eigenvalue weighted by Crippen LogP contribution is -2.39. The Labute approximate surface area is 105 Å². The Morgan fingerprint density at radius 1 is 1.56 bits per heavy atom. The van der Waals surface area contributed by atoms with Crippen molar-refractivity contribution in [2.45, 2.75) is 20.3 Å². The van der Waals surface area contributed by atoms with E-state index < -0.39 is 5.41 Å². The zero-order valence-electron chi connectivity index (χ0n) is 9.59. The van der Waals surface area contributed by atoms with Gasteiger partial charge in [-0.3, -0.25) is 4.79 Å². The van der Waals surface area contributed by atoms with Crippen LogP contribution in [0.3, 0.4) is 0 Å². The van der Waals surface area contributed by atoms with Crippen LogP contribution in [0, 0.1) is 5.41 Å². The predicted octanol–water partition coefficient (Wildman–Crippen LogP) is 2.76. The van der Waals surface area contributed by atoms with E-state index in [1.807, 2.05) is 38.1 Å². The normalized spacial score (nSPS) is 14.2. The van der Waals surface area contributed by atoms with Crippen molar-refractivity contribution in [3.05, 3.63) is 28.7 Å². The van der Waals surface area contributed by atoms with E-state index in [2.05, 4.69) is 21.2 Å². The van der Waals surface area contributed by atoms with Gasteiger partial charge in [0, 0.05) is 16.7 Å². The van der Waals surface area contributed by atoms with Crippen molar-refractivity contribution in [2.24, 2.45) is 11.1 Å². The highest BCUT2D eigenvalue weighted by molar-refractivity contribution is 9.10. The molecule has 0 spiro atoms. The van der Waals surface area contributed by atoms with E-state index in [0.717, 1.165) is 16.6 Å². The van der Waals surface area contributed by atoms with Gasteiger partial charge >= 0.3 is 0 Å². The smallest absolute Gasteiger partial charge is 0.231 e. The third-order valence-electron chi connectivity index (χ3n) is 2.86. The maximum Gasteiger partial charge on any atom is 0.231 e. The lowest BCUT2D eigenvalue weighted by Gasteiger charge is -2.24. The minimum Gasteiger partial charge on any atom is -0.329 e. The van der Waals surface area contributed by atoms with E-state index in [-0.39, 0.29) is 5.91 Å². The topological polar surface area (TPSA) is 55.1 Å². The number of rotatable bonds is 4. The van der Waals surface area contributed by atoms with Gasteiger partial charge < -0.3 is 11.1 Å². The van der Waals surface area contributed by atoms with Gasteiger partial charge in [-0.25, -0.2) is 0 Å². The van der Waals surface area contributed by atoms with Gasteiger partial charge in [0.15, 0.2) is 0 Å². The molecule has 1 aromatic carbocycles. The second kappa shape index (κ2) is 5.46. The molecule has 0 aliphatic rings. The van der Waals surface area contributed by atoms with Crippen LogP contribution in [0.2, 0.25) is 0 Å². The molecule has 3 nitrogen and oxygen atoms in total. The Hall–Kier alpha value is -0.870. The molecule has 0 radical (unpaired) electrons. The summed E-state index contributed by atoms with van der Waals surface area (Å²) in [5.74, 6) is -0.0319. The van der Waals surface area contributed by atoms with Crippen molar-refractivity contribution in [3.8, 4) is 0 Å². The Morgan fingerprint density at radius 2 is 2.25 bits per heavy atom. The molecule has 0 fully saturated rings. The predicted molar refractivity (Wildman–Crippen MR) is 70.2 cm³/mol. The first kappa shape index (κ1) is 13.2. The van der Waals surface area contributed by atoms with Gasteiger partial charge in [0.05, 0.1) is 5.41 Å². The van der Waals surface area contributed by atoms with E-state index in [1.165, 1.54) is 0 Å². The van der Waals surface area contributed by atoms with Crippen LogP contribution in [-0.4, -0.2) is 12.5 Å². The summed E-state index contributed by atoms with van der Waals surface area (Å²) in [5.41, 5.74) is 5.92. The molecule has 4 heteroatoms. The number of hydrogen-bond donors (Lipinski definition) is 2. The summed E-state index contributed by atoms with van der Waals surface area (Å²) in [5, 5.41) is 2.88. The molecule has 88 valence electrons. The van der Waals surface area contributed by atoms with E-state index in [1.54, 1.807) is 0 Å². The molecule has 0 aromatic heterocycles. The maximum absolute atomic E-state index is 12.0. The van der Waals surface area contributed by atoms with Crippen LogP contribution < -0.4 is 11.1 Å². The summed E-state index contributed by atoms with van der Waals surface area (Å²) in [4.78, 5) is 12.0. The summed E-state index contributed by atoms with van der Waals surface area (Å²) < 4.78 is 0.941. The Kier molecular flexibility index (Phi) is 4.50. The molecule has 1 unspecified atom stereocenters. The molecule has 0 aliphatic heterocycles. The van der Waals surface area contributed by atoms with Crippen LogP contribution in [0.4, 0.5) is 5.69 Å². The highest BCUT2D eigenvalue weighted by Gasteiger charge is 2.29. The summed E-state index contributed by atoms with van der Waals surface area (Å²) in [6.45, 7) is 4.19. The minimum absolute atomic E-state index is 0.0319. The fourth-order valence-electron chi connectivity index (χ4n) is 1.25. The van der Waals surface area contributed by atoms with Crippen molar-refractivity contribution in [3.63, 3.8) is 0 Å². The van der Waals surface area contributed by atoms with Crippen LogP contribution in [-0.2, 0) is 4.79 Å². The van der Waals surface area contributed by atoms with Gasteiger partial charge in [0.2, 0.25) is 5.91 Å². The molecule has 1 atom stereocenters. The zero-order chi connectivity index (χ0) is 12.2. The largest absolute Gasteiger partial charge is 0.329 e. The third-order valence-corrected chi connectivity index (χ3v) is 3.35. The lowest BCUT2D eigenvalue weighted by atomic mass is 9.86. The molecule has 1 aromatic rings. The summed E-state index contributed by atoms with van der Waals surface area (Å²) in [6.07, 6.45) is 0.726. The third kappa shape index (κ3) is 3.06. The number of amides is 1. The number of hydrogen-bond acceptors (Lipinski definition) is 2. The molecular weight excluding hydrogens is 268 g/mol. The van der Waals surface area contributed by atoms with Crippen molar-refractivity contribution in [1.82, 2.24) is 0 Å². The van der Waals surface area contributed by atoms with Crippen molar-refractivity contribution < 1.29 is 4.79 Å². The van der Waals surface area contributed by atoms with Crippen LogP contribution in [0.1, 0.15) is 20.3 Å². The Morgan fingerprint density at radius 3 is 2.75 bits per heavy atom. The lowest BCUT2D eigenvalue weighted by molar-refractivity contribution is -0.124. The summed E-state index contributed by atoms with van der Waals surface area (Å²) >= 11 is 3.36. The van der Waals surface area contributed by atoms with Crippen LogP contribution in [0.5, 0.6) is 0 Å². The van der Waals surface area contributed by atoms with E-state index in [9.17, 15) is 4.79 Å². The fraction of sp³-hybridized carbons (Fsp3) is 0.417. The van der Waals surface area contributed by atoms with E-state index in [0.29, 0.717) is 6.54 Å². The molecule has 1 amide bonds. The van der Waals surface area contributed by atoms with Gasteiger partial charge in [-0.1, -0.05) is 28.9 Å². The second-order valence-corrected chi connectivity index (χ2v) is 5.00. The zero-order valence-corrected chi connectivity index (χ0v) is 11.2. The molecular formula is C12H17BrN2O. The van der Waals surface area contributed by atoms with Crippen molar-refractivity contribution in [1.29, 1.82) is 0 Å². The van der Waals surface area contributed by atoms with Crippen LogP contribution in [0.25, 0.3) is 0 Å². The van der Waals surface area contributed by atoms with Gasteiger partial charge in [0.1, 0.15) is 0 Å². The molecule has 0 saturated heterocycles. The number of nitrogens with one attached hydrogen (secondary N) is 1. The van der Waals surface area contributed by atoms with Crippen LogP contribution in [0.15, 0.2) is 28.7 Å². The number of nitrogens with two attached hydrogens (primary N) is 1. The fourth-order valence-corrected chi connectivity index (χ4v) is 1.65. The molecule has 0 heterocycles. The van der Waals surface area contributed by atoms with E-state index in [4.69, 9.17) is 5.73 Å². The molecule has 0 aliphatic carbocycles. The van der Waals surface area contributed by atoms with Gasteiger partial charge in [0.25, 0.3) is 0 Å². The first-order chi connectivity index (χ1) is 7.51. The van der Waals surface area contributed by atoms with Crippen LogP contribution >= 0.6 is 15.9 Å². The molecule has 0 bridgehead atoms. The number of carbonyl (C=O) groups is 1. The molecule has 3 N–H and O–H groups in total. The number of anilines is 1. The Balaban J connectivity index is 2.78.